The maximum atomic E-state index is 10.5. The van der Waals surface area contributed by atoms with Crippen LogP contribution < -0.4 is 0 Å². The van der Waals surface area contributed by atoms with E-state index in [1.54, 1.807) is 13.8 Å². The van der Waals surface area contributed by atoms with Crippen LogP contribution in [0, 0.1) is 0 Å². The molecule has 0 spiro atoms. The minimum Gasteiger partial charge on any atom is -0.361 e. The van der Waals surface area contributed by atoms with Crippen LogP contribution in [0.1, 0.15) is 25.0 Å². The molecule has 2 atom stereocenters. The highest BCUT2D eigenvalue weighted by molar-refractivity contribution is 5.34. The Kier molecular flexibility index (Phi) is 2.03. The van der Waals surface area contributed by atoms with E-state index < -0.39 is 17.4 Å². The third-order valence-corrected chi connectivity index (χ3v) is 3.42. The zero-order chi connectivity index (χ0) is 12.3. The molecule has 1 heterocycles. The van der Waals surface area contributed by atoms with E-state index in [1.165, 1.54) is 0 Å². The van der Waals surface area contributed by atoms with Crippen LogP contribution in [0.2, 0.25) is 0 Å². The number of hydrogen-bond acceptors (Lipinski definition) is 4. The van der Waals surface area contributed by atoms with Crippen molar-refractivity contribution in [2.45, 2.75) is 44.1 Å². The van der Waals surface area contributed by atoms with E-state index in [2.05, 4.69) is 0 Å². The van der Waals surface area contributed by atoms with Gasteiger partial charge in [0.15, 0.2) is 5.79 Å². The Morgan fingerprint density at radius 1 is 0.941 bits per heavy atom. The van der Waals surface area contributed by atoms with E-state index in [1.807, 2.05) is 24.3 Å². The number of fused-ring (bicyclic) bond motifs is 2. The van der Waals surface area contributed by atoms with Crippen LogP contribution in [0.4, 0.5) is 0 Å². The van der Waals surface area contributed by atoms with Crippen molar-refractivity contribution >= 4 is 0 Å². The summed E-state index contributed by atoms with van der Waals surface area (Å²) in [7, 11) is 0. The first-order valence-electron chi connectivity index (χ1n) is 5.76. The summed E-state index contributed by atoms with van der Waals surface area (Å²) in [4.78, 5) is 0. The Morgan fingerprint density at radius 2 is 1.35 bits per heavy atom. The van der Waals surface area contributed by atoms with E-state index in [0.717, 1.165) is 11.1 Å². The first kappa shape index (κ1) is 11.2. The highest BCUT2D eigenvalue weighted by atomic mass is 16.9. The molecule has 0 bridgehead atoms. The van der Waals surface area contributed by atoms with Crippen LogP contribution in [0.3, 0.4) is 0 Å². The fourth-order valence-electron chi connectivity index (χ4n) is 2.76. The molecular weight excluding hydrogens is 220 g/mol. The summed E-state index contributed by atoms with van der Waals surface area (Å²) in [5.41, 5.74) is 1.97. The van der Waals surface area contributed by atoms with Gasteiger partial charge in [0.2, 0.25) is 11.6 Å². The molecule has 0 radical (unpaired) electrons. The Balaban J connectivity index is 2.07. The van der Waals surface area contributed by atoms with Crippen LogP contribution in [0.5, 0.6) is 0 Å². The summed E-state index contributed by atoms with van der Waals surface area (Å²) < 4.78 is 11.0. The number of aliphatic hydroxyl groups is 2. The van der Waals surface area contributed by atoms with Crippen molar-refractivity contribution in [1.29, 1.82) is 0 Å². The molecule has 17 heavy (non-hydrogen) atoms. The van der Waals surface area contributed by atoms with E-state index in [4.69, 9.17) is 9.47 Å². The summed E-state index contributed by atoms with van der Waals surface area (Å²) in [6.45, 7) is 3.37. The van der Waals surface area contributed by atoms with Crippen LogP contribution in [-0.2, 0) is 22.3 Å². The molecule has 0 unspecified atom stereocenters. The normalized spacial score (nSPS) is 38.6. The molecule has 1 aromatic rings. The molecule has 1 aromatic carbocycles. The van der Waals surface area contributed by atoms with Gasteiger partial charge in [-0.1, -0.05) is 24.3 Å². The van der Waals surface area contributed by atoms with Gasteiger partial charge in [0, 0.05) is 12.8 Å². The van der Waals surface area contributed by atoms with Crippen molar-refractivity contribution in [2.75, 3.05) is 0 Å². The number of rotatable bonds is 0. The third kappa shape index (κ3) is 1.52. The molecule has 2 N–H and O–H groups in total. The molecule has 1 fully saturated rings. The highest BCUT2D eigenvalue weighted by Gasteiger charge is 2.64. The molecular formula is C13H16O4. The lowest BCUT2D eigenvalue weighted by atomic mass is 9.83. The van der Waals surface area contributed by atoms with Gasteiger partial charge in [-0.2, -0.15) is 0 Å². The van der Waals surface area contributed by atoms with Crippen molar-refractivity contribution in [3.8, 4) is 0 Å². The predicted molar refractivity (Wildman–Crippen MR) is 60.0 cm³/mol. The monoisotopic (exact) mass is 236 g/mol. The van der Waals surface area contributed by atoms with Crippen LogP contribution in [0.15, 0.2) is 24.3 Å². The molecule has 4 nitrogen and oxygen atoms in total. The third-order valence-electron chi connectivity index (χ3n) is 3.42. The van der Waals surface area contributed by atoms with Crippen molar-refractivity contribution in [3.05, 3.63) is 35.4 Å². The van der Waals surface area contributed by atoms with Crippen LogP contribution >= 0.6 is 0 Å². The van der Waals surface area contributed by atoms with E-state index in [9.17, 15) is 10.2 Å². The zero-order valence-corrected chi connectivity index (χ0v) is 9.93. The number of benzene rings is 1. The summed E-state index contributed by atoms with van der Waals surface area (Å²) >= 11 is 0. The first-order valence-corrected chi connectivity index (χ1v) is 5.76. The zero-order valence-electron chi connectivity index (χ0n) is 9.93. The Morgan fingerprint density at radius 3 is 1.76 bits per heavy atom. The van der Waals surface area contributed by atoms with Gasteiger partial charge < -0.3 is 19.7 Å². The van der Waals surface area contributed by atoms with Crippen LogP contribution in [0.25, 0.3) is 0 Å². The predicted octanol–water partition coefficient (Wildman–Crippen LogP) is 0.945. The second kappa shape index (κ2) is 3.09. The van der Waals surface area contributed by atoms with E-state index >= 15 is 0 Å². The molecule has 0 saturated carbocycles. The molecule has 1 saturated heterocycles. The average Bonchev–Trinajstić information content (AvgIpc) is 2.36. The lowest BCUT2D eigenvalue weighted by Gasteiger charge is -2.38. The van der Waals surface area contributed by atoms with Gasteiger partial charge in [-0.3, -0.25) is 0 Å². The molecule has 3 rings (SSSR count). The second-order valence-corrected chi connectivity index (χ2v) is 5.29. The number of hydrogen-bond donors (Lipinski definition) is 2. The molecule has 0 amide bonds. The minimum absolute atomic E-state index is 0.239. The molecule has 92 valence electrons. The average molecular weight is 236 g/mol. The molecule has 2 aliphatic rings. The van der Waals surface area contributed by atoms with Crippen molar-refractivity contribution in [2.24, 2.45) is 0 Å². The van der Waals surface area contributed by atoms with E-state index in [0.29, 0.717) is 0 Å². The quantitative estimate of drug-likeness (QED) is 0.704. The smallest absolute Gasteiger partial charge is 0.228 e. The van der Waals surface area contributed by atoms with Gasteiger partial charge in [-0.25, -0.2) is 0 Å². The maximum absolute atomic E-state index is 10.5. The fourth-order valence-corrected chi connectivity index (χ4v) is 2.76. The van der Waals surface area contributed by atoms with Gasteiger partial charge in [0.1, 0.15) is 0 Å². The first-order chi connectivity index (χ1) is 7.84. The summed E-state index contributed by atoms with van der Waals surface area (Å²) in [6, 6.07) is 7.68. The van der Waals surface area contributed by atoms with Crippen LogP contribution in [-0.4, -0.2) is 27.6 Å². The molecule has 0 aromatic heterocycles. The SMILES string of the molecule is CC1(C)O[C@]2(O)Cc3ccccc3C[C@]2(O)O1. The molecule has 1 aliphatic heterocycles. The van der Waals surface area contributed by atoms with Gasteiger partial charge in [0.05, 0.1) is 0 Å². The van der Waals surface area contributed by atoms with Crippen molar-refractivity contribution < 1.29 is 19.7 Å². The fraction of sp³-hybridized carbons (Fsp3) is 0.538. The van der Waals surface area contributed by atoms with Crippen molar-refractivity contribution in [3.63, 3.8) is 0 Å². The molecule has 4 heteroatoms. The minimum atomic E-state index is -1.66. The maximum Gasteiger partial charge on any atom is 0.228 e. The summed E-state index contributed by atoms with van der Waals surface area (Å²) in [6.07, 6.45) is 0.478. The largest absolute Gasteiger partial charge is 0.361 e. The van der Waals surface area contributed by atoms with E-state index in [-0.39, 0.29) is 12.8 Å². The standard InChI is InChI=1S/C13H16O4/c1-11(2)16-12(14)7-9-5-3-4-6-10(9)8-13(12,15)17-11/h3-6,14-15H,7-8H2,1-2H3/t12-,13+. The highest BCUT2D eigenvalue weighted by Crippen LogP contribution is 2.47. The summed E-state index contributed by atoms with van der Waals surface area (Å²) in [5, 5.41) is 20.9. The van der Waals surface area contributed by atoms with Gasteiger partial charge in [-0.15, -0.1) is 0 Å². The van der Waals surface area contributed by atoms with Gasteiger partial charge >= 0.3 is 0 Å². The van der Waals surface area contributed by atoms with Gasteiger partial charge in [0.25, 0.3) is 0 Å². The Hall–Kier alpha value is -0.940. The lowest BCUT2D eigenvalue weighted by Crippen LogP contribution is -2.57. The Labute approximate surface area is 99.8 Å². The topological polar surface area (TPSA) is 58.9 Å². The summed E-state index contributed by atoms with van der Waals surface area (Å²) in [5.74, 6) is -4.30. The van der Waals surface area contributed by atoms with Crippen molar-refractivity contribution in [1.82, 2.24) is 0 Å². The number of ether oxygens (including phenoxy) is 2. The lowest BCUT2D eigenvalue weighted by molar-refractivity contribution is -0.296. The second-order valence-electron chi connectivity index (χ2n) is 5.29. The van der Waals surface area contributed by atoms with Gasteiger partial charge in [-0.05, 0) is 25.0 Å². The Bertz CT molecular complexity index is 429. The molecule has 1 aliphatic carbocycles.